The third kappa shape index (κ3) is 3.15. The molecule has 7 heteroatoms. The number of benzene rings is 1. The Morgan fingerprint density at radius 1 is 1.45 bits per heavy atom. The van der Waals surface area contributed by atoms with Gasteiger partial charge in [0, 0.05) is 5.56 Å². The Bertz CT molecular complexity index is 667. The van der Waals surface area contributed by atoms with E-state index in [4.69, 9.17) is 14.2 Å². The van der Waals surface area contributed by atoms with Crippen LogP contribution in [0.25, 0.3) is 0 Å². The van der Waals surface area contributed by atoms with Gasteiger partial charge in [-0.25, -0.2) is 4.98 Å². The molecule has 1 aromatic heterocycles. The summed E-state index contributed by atoms with van der Waals surface area (Å²) in [6.45, 7) is 4.26. The van der Waals surface area contributed by atoms with E-state index < -0.39 is 5.79 Å². The molecule has 0 aliphatic carbocycles. The van der Waals surface area contributed by atoms with Gasteiger partial charge < -0.3 is 14.2 Å². The number of ether oxygens (including phenoxy) is 3. The highest BCUT2D eigenvalue weighted by Gasteiger charge is 2.34. The zero-order valence-electron chi connectivity index (χ0n) is 12.7. The summed E-state index contributed by atoms with van der Waals surface area (Å²) in [6, 6.07) is 5.65. The van der Waals surface area contributed by atoms with Gasteiger partial charge in [-0.3, -0.25) is 10.1 Å². The molecule has 2 heterocycles. The van der Waals surface area contributed by atoms with Crippen LogP contribution in [0.4, 0.5) is 5.69 Å². The second kappa shape index (κ2) is 5.86. The smallest absolute Gasteiger partial charge is 0.192 e. The second-order valence-electron chi connectivity index (χ2n) is 5.36. The minimum Gasteiger partial charge on any atom is -0.497 e. The second-order valence-corrected chi connectivity index (χ2v) is 5.36. The summed E-state index contributed by atoms with van der Waals surface area (Å²) in [5.41, 5.74) is 1.69. The molecule has 22 heavy (non-hydrogen) atoms. The number of hydrogen-bond acceptors (Lipinski definition) is 6. The van der Waals surface area contributed by atoms with Crippen molar-refractivity contribution in [3.63, 3.8) is 0 Å². The van der Waals surface area contributed by atoms with E-state index in [1.165, 1.54) is 6.33 Å². The van der Waals surface area contributed by atoms with E-state index in [2.05, 4.69) is 20.2 Å². The summed E-state index contributed by atoms with van der Waals surface area (Å²) in [4.78, 5) is 8.47. The first-order valence-corrected chi connectivity index (χ1v) is 6.97. The molecule has 1 aromatic carbocycles. The van der Waals surface area contributed by atoms with Crippen LogP contribution in [0, 0.1) is 0 Å². The first kappa shape index (κ1) is 14.7. The molecule has 1 fully saturated rings. The lowest BCUT2D eigenvalue weighted by molar-refractivity contribution is -0.139. The number of nitrogens with zero attached hydrogens (tertiary/aromatic N) is 3. The fraction of sp³-hybridized carbons (Fsp3) is 0.400. The van der Waals surface area contributed by atoms with Crippen LogP contribution in [0.1, 0.15) is 31.3 Å². The van der Waals surface area contributed by atoms with E-state index in [0.29, 0.717) is 12.4 Å². The summed E-state index contributed by atoms with van der Waals surface area (Å²) in [6.07, 6.45) is 2.92. The molecule has 1 aliphatic rings. The van der Waals surface area contributed by atoms with Crippen molar-refractivity contribution in [3.8, 4) is 5.75 Å². The molecular weight excluding hydrogens is 284 g/mol. The average molecular weight is 302 g/mol. The van der Waals surface area contributed by atoms with Crippen LogP contribution in [0.2, 0.25) is 0 Å². The first-order chi connectivity index (χ1) is 10.6. The van der Waals surface area contributed by atoms with E-state index >= 15 is 0 Å². The molecule has 0 bridgehead atoms. The zero-order chi connectivity index (χ0) is 15.6. The summed E-state index contributed by atoms with van der Waals surface area (Å²) >= 11 is 0. The molecule has 1 aliphatic heterocycles. The molecule has 1 saturated heterocycles. The van der Waals surface area contributed by atoms with E-state index in [1.54, 1.807) is 13.3 Å². The Morgan fingerprint density at radius 3 is 2.95 bits per heavy atom. The Balaban J connectivity index is 1.92. The molecule has 0 radical (unpaired) electrons. The van der Waals surface area contributed by atoms with Gasteiger partial charge in [0.25, 0.3) is 0 Å². The molecule has 0 saturated carbocycles. The predicted molar refractivity (Wildman–Crippen MR) is 80.5 cm³/mol. The quantitative estimate of drug-likeness (QED) is 0.877. The monoisotopic (exact) mass is 302 g/mol. The minimum atomic E-state index is -0.599. The van der Waals surface area contributed by atoms with Crippen molar-refractivity contribution in [1.29, 1.82) is 0 Å². The van der Waals surface area contributed by atoms with Crippen molar-refractivity contribution in [1.82, 2.24) is 15.2 Å². The van der Waals surface area contributed by atoms with Gasteiger partial charge in [-0.2, -0.15) is 5.10 Å². The van der Waals surface area contributed by atoms with Gasteiger partial charge in [0.05, 0.1) is 25.6 Å². The van der Waals surface area contributed by atoms with Crippen LogP contribution in [-0.4, -0.2) is 40.9 Å². The topological polar surface area (TPSA) is 81.6 Å². The molecule has 2 aromatic rings. The van der Waals surface area contributed by atoms with Gasteiger partial charge in [-0.1, -0.05) is 0 Å². The molecule has 1 atom stereocenters. The Hall–Kier alpha value is -2.25. The van der Waals surface area contributed by atoms with Gasteiger partial charge in [0.15, 0.2) is 11.6 Å². The van der Waals surface area contributed by atoms with E-state index in [-0.39, 0.29) is 6.10 Å². The largest absolute Gasteiger partial charge is 0.497 e. The van der Waals surface area contributed by atoms with Crippen LogP contribution >= 0.6 is 0 Å². The number of aliphatic imine (C=N–C) groups is 1. The van der Waals surface area contributed by atoms with Crippen LogP contribution < -0.4 is 4.74 Å². The summed E-state index contributed by atoms with van der Waals surface area (Å²) in [7, 11) is 1.63. The third-order valence-electron chi connectivity index (χ3n) is 3.34. The number of aromatic nitrogens is 3. The summed E-state index contributed by atoms with van der Waals surface area (Å²) < 4.78 is 16.9. The van der Waals surface area contributed by atoms with Gasteiger partial charge in [-0.15, -0.1) is 0 Å². The van der Waals surface area contributed by atoms with Crippen LogP contribution in [0.3, 0.4) is 0 Å². The lowest BCUT2D eigenvalue weighted by atomic mass is 10.1. The maximum absolute atomic E-state index is 5.92. The minimum absolute atomic E-state index is 0.190. The van der Waals surface area contributed by atoms with Crippen LogP contribution in [-0.2, 0) is 9.47 Å². The van der Waals surface area contributed by atoms with Gasteiger partial charge >= 0.3 is 0 Å². The Kier molecular flexibility index (Phi) is 3.91. The zero-order valence-corrected chi connectivity index (χ0v) is 12.7. The Labute approximate surface area is 128 Å². The van der Waals surface area contributed by atoms with Crippen molar-refractivity contribution >= 4 is 11.9 Å². The SMILES string of the molecule is COc1ccc(N=Cc2nc[nH]n2)c([C@H]2COC(C)(C)O2)c1. The van der Waals surface area contributed by atoms with Crippen molar-refractivity contribution in [2.75, 3.05) is 13.7 Å². The van der Waals surface area contributed by atoms with E-state index in [9.17, 15) is 0 Å². The van der Waals surface area contributed by atoms with E-state index in [1.807, 2.05) is 32.0 Å². The molecule has 1 N–H and O–H groups in total. The fourth-order valence-electron chi connectivity index (χ4n) is 2.28. The molecule has 0 spiro atoms. The Morgan fingerprint density at radius 2 is 2.32 bits per heavy atom. The lowest BCUT2D eigenvalue weighted by Crippen LogP contribution is -2.19. The van der Waals surface area contributed by atoms with Gasteiger partial charge in [0.1, 0.15) is 18.2 Å². The predicted octanol–water partition coefficient (Wildman–Crippen LogP) is 2.39. The number of rotatable bonds is 4. The number of H-pyrrole nitrogens is 1. The lowest BCUT2D eigenvalue weighted by Gasteiger charge is -2.18. The average Bonchev–Trinajstić information content (AvgIpc) is 3.14. The standard InChI is InChI=1S/C15H18N4O3/c1-15(2)21-8-13(22-15)11-6-10(20-3)4-5-12(11)16-7-14-17-9-18-19-14/h4-7,9,13H,8H2,1-3H3,(H,17,18,19)/t13-/m1/s1. The molecule has 0 unspecified atom stereocenters. The van der Waals surface area contributed by atoms with Crippen LogP contribution in [0.5, 0.6) is 5.75 Å². The van der Waals surface area contributed by atoms with Crippen LogP contribution in [0.15, 0.2) is 29.5 Å². The highest BCUT2D eigenvalue weighted by atomic mass is 16.7. The van der Waals surface area contributed by atoms with Crippen molar-refractivity contribution in [2.24, 2.45) is 4.99 Å². The van der Waals surface area contributed by atoms with Crippen molar-refractivity contribution in [3.05, 3.63) is 35.9 Å². The summed E-state index contributed by atoms with van der Waals surface area (Å²) in [5.74, 6) is 0.671. The summed E-state index contributed by atoms with van der Waals surface area (Å²) in [5, 5.41) is 6.60. The molecular formula is C15H18N4O3. The fourth-order valence-corrected chi connectivity index (χ4v) is 2.28. The van der Waals surface area contributed by atoms with Crippen molar-refractivity contribution < 1.29 is 14.2 Å². The number of nitrogens with one attached hydrogen (secondary N) is 1. The maximum atomic E-state index is 5.92. The highest BCUT2D eigenvalue weighted by molar-refractivity contribution is 5.77. The molecule has 7 nitrogen and oxygen atoms in total. The normalized spacial score (nSPS) is 20.6. The highest BCUT2D eigenvalue weighted by Crippen LogP contribution is 2.38. The number of aromatic amines is 1. The van der Waals surface area contributed by atoms with Gasteiger partial charge in [-0.05, 0) is 32.0 Å². The first-order valence-electron chi connectivity index (χ1n) is 6.97. The number of hydrogen-bond donors (Lipinski definition) is 1. The third-order valence-corrected chi connectivity index (χ3v) is 3.34. The molecule has 3 rings (SSSR count). The van der Waals surface area contributed by atoms with Gasteiger partial charge in [0.2, 0.25) is 0 Å². The maximum Gasteiger partial charge on any atom is 0.192 e. The molecule has 116 valence electrons. The molecule has 0 amide bonds. The van der Waals surface area contributed by atoms with Crippen molar-refractivity contribution in [2.45, 2.75) is 25.7 Å². The van der Waals surface area contributed by atoms with E-state index in [0.717, 1.165) is 17.0 Å². The number of methoxy groups -OCH3 is 1.